The molecule has 0 unspecified atom stereocenters. The fourth-order valence-electron chi connectivity index (χ4n) is 2.34. The fourth-order valence-corrected chi connectivity index (χ4v) is 2.34. The average Bonchev–Trinajstić information content (AvgIpc) is 2.95. The fraction of sp³-hybridized carbons (Fsp3) is 0.308. The van der Waals surface area contributed by atoms with Gasteiger partial charge in [-0.3, -0.25) is 14.4 Å². The summed E-state index contributed by atoms with van der Waals surface area (Å²) in [5.74, 6) is -1.13. The van der Waals surface area contributed by atoms with Crippen molar-refractivity contribution in [2.75, 3.05) is 11.4 Å². The molecule has 0 radical (unpaired) electrons. The molecule has 0 aliphatic carbocycles. The summed E-state index contributed by atoms with van der Waals surface area (Å²) in [7, 11) is 0. The molecular formula is C13H11N3O3. The van der Waals surface area contributed by atoms with Crippen LogP contribution in [0.3, 0.4) is 0 Å². The van der Waals surface area contributed by atoms with Gasteiger partial charge in [-0.05, 0) is 31.2 Å². The predicted molar refractivity (Wildman–Crippen MR) is 65.9 cm³/mol. The third-order valence-electron chi connectivity index (χ3n) is 3.41. The lowest BCUT2D eigenvalue weighted by molar-refractivity contribution is -0.122. The third kappa shape index (κ3) is 1.68. The predicted octanol–water partition coefficient (Wildman–Crippen LogP) is 1.21. The van der Waals surface area contributed by atoms with E-state index in [0.717, 1.165) is 4.90 Å². The molecule has 2 heterocycles. The van der Waals surface area contributed by atoms with E-state index in [-0.39, 0.29) is 24.1 Å². The SMILES string of the molecule is CC(=O)c1ccc(N2C(=O)[C@H]3CN=N[C@@H]3C2=O)cc1. The highest BCUT2D eigenvalue weighted by atomic mass is 16.2. The second kappa shape index (κ2) is 4.08. The molecule has 0 aromatic heterocycles. The van der Waals surface area contributed by atoms with Crippen molar-refractivity contribution in [1.29, 1.82) is 0 Å². The van der Waals surface area contributed by atoms with E-state index in [4.69, 9.17) is 0 Å². The molecule has 1 aromatic rings. The number of rotatable bonds is 2. The number of hydrogen-bond acceptors (Lipinski definition) is 5. The highest BCUT2D eigenvalue weighted by molar-refractivity contribution is 6.23. The molecule has 2 aliphatic heterocycles. The van der Waals surface area contributed by atoms with Crippen molar-refractivity contribution in [3.05, 3.63) is 29.8 Å². The minimum atomic E-state index is -0.667. The number of carbonyl (C=O) groups excluding carboxylic acids is 3. The van der Waals surface area contributed by atoms with E-state index < -0.39 is 12.0 Å². The van der Waals surface area contributed by atoms with Gasteiger partial charge >= 0.3 is 0 Å². The topological polar surface area (TPSA) is 79.2 Å². The number of nitrogens with zero attached hydrogens (tertiary/aromatic N) is 3. The van der Waals surface area contributed by atoms with Gasteiger partial charge in [0, 0.05) is 5.56 Å². The molecule has 1 saturated heterocycles. The molecule has 0 saturated carbocycles. The van der Waals surface area contributed by atoms with Crippen LogP contribution in [-0.2, 0) is 9.59 Å². The van der Waals surface area contributed by atoms with Crippen LogP contribution in [0.1, 0.15) is 17.3 Å². The molecule has 0 N–H and O–H groups in total. The summed E-state index contributed by atoms with van der Waals surface area (Å²) < 4.78 is 0. The summed E-state index contributed by atoms with van der Waals surface area (Å²) in [5.41, 5.74) is 1.02. The molecule has 19 heavy (non-hydrogen) atoms. The first-order chi connectivity index (χ1) is 9.09. The van der Waals surface area contributed by atoms with Crippen LogP contribution in [-0.4, -0.2) is 30.2 Å². The molecule has 0 bridgehead atoms. The zero-order valence-electron chi connectivity index (χ0n) is 10.2. The van der Waals surface area contributed by atoms with E-state index in [0.29, 0.717) is 11.3 Å². The van der Waals surface area contributed by atoms with Gasteiger partial charge in [0.2, 0.25) is 5.91 Å². The van der Waals surface area contributed by atoms with Crippen molar-refractivity contribution >= 4 is 23.3 Å². The third-order valence-corrected chi connectivity index (χ3v) is 3.41. The van der Waals surface area contributed by atoms with Crippen LogP contribution in [0.15, 0.2) is 34.5 Å². The Kier molecular flexibility index (Phi) is 2.51. The maximum Gasteiger partial charge on any atom is 0.261 e. The number of fused-ring (bicyclic) bond motifs is 1. The number of azo groups is 1. The number of amides is 2. The van der Waals surface area contributed by atoms with E-state index in [1.165, 1.54) is 6.92 Å². The molecule has 3 rings (SSSR count). The lowest BCUT2D eigenvalue weighted by Gasteiger charge is -2.14. The normalized spacial score (nSPS) is 25.0. The van der Waals surface area contributed by atoms with Crippen LogP contribution >= 0.6 is 0 Å². The zero-order chi connectivity index (χ0) is 13.6. The summed E-state index contributed by atoms with van der Waals surface area (Å²) in [6, 6.07) is 5.75. The standard InChI is InChI=1S/C13H11N3O3/c1-7(17)8-2-4-9(5-3-8)16-12(18)10-6-14-15-11(10)13(16)19/h2-5,10-11H,6H2,1H3/t10-,11-/m0/s1. The summed E-state index contributed by atoms with van der Waals surface area (Å²) in [4.78, 5) is 36.6. The van der Waals surface area contributed by atoms with Gasteiger partial charge in [-0.2, -0.15) is 10.2 Å². The lowest BCUT2D eigenvalue weighted by Crippen LogP contribution is -2.32. The first-order valence-electron chi connectivity index (χ1n) is 5.95. The number of carbonyl (C=O) groups is 3. The van der Waals surface area contributed by atoms with Gasteiger partial charge in [-0.25, -0.2) is 4.90 Å². The van der Waals surface area contributed by atoms with Crippen LogP contribution < -0.4 is 4.90 Å². The van der Waals surface area contributed by atoms with Crippen molar-refractivity contribution in [3.8, 4) is 0 Å². The van der Waals surface area contributed by atoms with Crippen LogP contribution in [0.2, 0.25) is 0 Å². The van der Waals surface area contributed by atoms with Crippen molar-refractivity contribution in [1.82, 2.24) is 0 Å². The molecular weight excluding hydrogens is 246 g/mol. The Balaban J connectivity index is 1.94. The van der Waals surface area contributed by atoms with Gasteiger partial charge < -0.3 is 0 Å². The van der Waals surface area contributed by atoms with E-state index in [1.807, 2.05) is 0 Å². The highest BCUT2D eigenvalue weighted by Gasteiger charge is 2.50. The maximum atomic E-state index is 12.1. The Labute approximate surface area is 109 Å². The quantitative estimate of drug-likeness (QED) is 0.590. The Morgan fingerprint density at radius 1 is 1.21 bits per heavy atom. The van der Waals surface area contributed by atoms with Crippen LogP contribution in [0.5, 0.6) is 0 Å². The molecule has 1 fully saturated rings. The molecule has 2 atom stereocenters. The molecule has 1 aromatic carbocycles. The molecule has 6 heteroatoms. The van der Waals surface area contributed by atoms with Crippen molar-refractivity contribution in [2.45, 2.75) is 13.0 Å². The summed E-state index contributed by atoms with van der Waals surface area (Å²) in [6.45, 7) is 1.74. The van der Waals surface area contributed by atoms with Crippen molar-refractivity contribution in [3.63, 3.8) is 0 Å². The number of imide groups is 1. The van der Waals surface area contributed by atoms with Gasteiger partial charge in [0.25, 0.3) is 5.91 Å². The maximum absolute atomic E-state index is 12.1. The van der Waals surface area contributed by atoms with Gasteiger partial charge in [0.05, 0.1) is 18.2 Å². The van der Waals surface area contributed by atoms with E-state index in [9.17, 15) is 14.4 Å². The Bertz CT molecular complexity index is 606. The van der Waals surface area contributed by atoms with Crippen LogP contribution in [0, 0.1) is 5.92 Å². The largest absolute Gasteiger partial charge is 0.295 e. The molecule has 6 nitrogen and oxygen atoms in total. The van der Waals surface area contributed by atoms with E-state index >= 15 is 0 Å². The lowest BCUT2D eigenvalue weighted by atomic mass is 10.1. The van der Waals surface area contributed by atoms with Gasteiger partial charge in [-0.1, -0.05) is 0 Å². The minimum absolute atomic E-state index is 0.0590. The first kappa shape index (κ1) is 11.7. The number of hydrogen-bond donors (Lipinski definition) is 0. The van der Waals surface area contributed by atoms with E-state index in [2.05, 4.69) is 10.2 Å². The zero-order valence-corrected chi connectivity index (χ0v) is 10.2. The van der Waals surface area contributed by atoms with Gasteiger partial charge in [0.15, 0.2) is 11.8 Å². The summed E-state index contributed by atoms with van der Waals surface area (Å²) in [6.07, 6.45) is 0. The van der Waals surface area contributed by atoms with Gasteiger partial charge in [0.1, 0.15) is 0 Å². The van der Waals surface area contributed by atoms with Crippen LogP contribution in [0.4, 0.5) is 5.69 Å². The monoisotopic (exact) mass is 257 g/mol. The molecule has 2 aliphatic rings. The molecule has 96 valence electrons. The minimum Gasteiger partial charge on any atom is -0.295 e. The summed E-state index contributed by atoms with van der Waals surface area (Å²) >= 11 is 0. The van der Waals surface area contributed by atoms with Crippen molar-refractivity contribution in [2.24, 2.45) is 16.1 Å². The number of benzene rings is 1. The van der Waals surface area contributed by atoms with E-state index in [1.54, 1.807) is 24.3 Å². The average molecular weight is 257 g/mol. The second-order valence-corrected chi connectivity index (χ2v) is 4.61. The number of anilines is 1. The van der Waals surface area contributed by atoms with Crippen LogP contribution in [0.25, 0.3) is 0 Å². The summed E-state index contributed by atoms with van der Waals surface area (Å²) in [5, 5.41) is 7.56. The number of ketones is 1. The van der Waals surface area contributed by atoms with Gasteiger partial charge in [-0.15, -0.1) is 0 Å². The smallest absolute Gasteiger partial charge is 0.261 e. The second-order valence-electron chi connectivity index (χ2n) is 4.61. The highest BCUT2D eigenvalue weighted by Crippen LogP contribution is 2.32. The molecule has 2 amide bonds. The van der Waals surface area contributed by atoms with Crippen molar-refractivity contribution < 1.29 is 14.4 Å². The Hall–Kier alpha value is -2.37. The Morgan fingerprint density at radius 2 is 1.89 bits per heavy atom. The number of Topliss-reactive ketones (excluding diaryl/α,β-unsaturated/α-hetero) is 1. The molecule has 0 spiro atoms. The Morgan fingerprint density at radius 3 is 2.47 bits per heavy atom. The first-order valence-corrected chi connectivity index (χ1v) is 5.95.